The fourth-order valence-corrected chi connectivity index (χ4v) is 3.02. The van der Waals surface area contributed by atoms with Gasteiger partial charge in [0, 0.05) is 12.6 Å². The summed E-state index contributed by atoms with van der Waals surface area (Å²) in [5, 5.41) is 7.92. The first kappa shape index (κ1) is 19.3. The summed E-state index contributed by atoms with van der Waals surface area (Å²) in [6, 6.07) is 11.3. The predicted molar refractivity (Wildman–Crippen MR) is 103 cm³/mol. The van der Waals surface area contributed by atoms with Gasteiger partial charge in [0.1, 0.15) is 5.75 Å². The zero-order valence-corrected chi connectivity index (χ0v) is 16.4. The zero-order valence-electron chi connectivity index (χ0n) is 16.4. The lowest BCUT2D eigenvalue weighted by Gasteiger charge is -2.09. The van der Waals surface area contributed by atoms with E-state index in [1.54, 1.807) is 38.3 Å². The normalized spacial score (nSPS) is 13.9. The highest BCUT2D eigenvalue weighted by molar-refractivity contribution is 6.21. The second-order valence-electron chi connectivity index (χ2n) is 6.65. The van der Waals surface area contributed by atoms with Gasteiger partial charge in [0.2, 0.25) is 5.89 Å². The van der Waals surface area contributed by atoms with Gasteiger partial charge in [-0.05, 0) is 49.4 Å². The first-order valence-electron chi connectivity index (χ1n) is 9.04. The average Bonchev–Trinajstić information content (AvgIpc) is 3.34. The van der Waals surface area contributed by atoms with Crippen LogP contribution in [0.1, 0.15) is 50.0 Å². The minimum atomic E-state index is -0.815. The van der Waals surface area contributed by atoms with Crippen molar-refractivity contribution in [2.45, 2.75) is 13.0 Å². The van der Waals surface area contributed by atoms with E-state index in [0.717, 1.165) is 4.90 Å². The van der Waals surface area contributed by atoms with Crippen molar-refractivity contribution in [3.05, 3.63) is 65.0 Å². The number of amides is 2. The number of imide groups is 1. The number of esters is 1. The second-order valence-corrected chi connectivity index (χ2v) is 6.65. The van der Waals surface area contributed by atoms with Crippen LogP contribution in [0.15, 0.2) is 46.9 Å². The number of carbonyl (C=O) groups is 3. The first-order chi connectivity index (χ1) is 14.4. The maximum absolute atomic E-state index is 12.5. The summed E-state index contributed by atoms with van der Waals surface area (Å²) in [5.74, 6) is -0.439. The number of fused-ring (bicyclic) bond motifs is 1. The van der Waals surface area contributed by atoms with Crippen LogP contribution >= 0.6 is 0 Å². The SMILES string of the molecule is COc1ccc(-c2nnc([C@@H](C)OC(=O)c3ccc4c(c3)C(=O)N(C)C4=O)o2)cc1. The third-order valence-electron chi connectivity index (χ3n) is 4.73. The van der Waals surface area contributed by atoms with Gasteiger partial charge in [-0.2, -0.15) is 0 Å². The molecule has 0 saturated carbocycles. The van der Waals surface area contributed by atoms with E-state index in [2.05, 4.69) is 10.2 Å². The maximum Gasteiger partial charge on any atom is 0.338 e. The van der Waals surface area contributed by atoms with E-state index < -0.39 is 23.9 Å². The summed E-state index contributed by atoms with van der Waals surface area (Å²) >= 11 is 0. The van der Waals surface area contributed by atoms with Gasteiger partial charge in [-0.1, -0.05) is 0 Å². The Morgan fingerprint density at radius 2 is 1.73 bits per heavy atom. The molecule has 152 valence electrons. The average molecular weight is 407 g/mol. The molecule has 0 aliphatic carbocycles. The standard InChI is InChI=1S/C21H17N3O6/c1-11(17-22-23-18(30-17)12-4-7-14(28-3)8-5-12)29-21(27)13-6-9-15-16(10-13)20(26)24(2)19(15)25/h4-11H,1-3H3/t11-/m1/s1. The monoisotopic (exact) mass is 407 g/mol. The number of aromatic nitrogens is 2. The molecule has 1 aromatic heterocycles. The molecule has 0 unspecified atom stereocenters. The molecule has 9 heteroatoms. The highest BCUT2D eigenvalue weighted by Crippen LogP contribution is 2.26. The molecule has 2 heterocycles. The van der Waals surface area contributed by atoms with Crippen LogP contribution in [0.3, 0.4) is 0 Å². The zero-order chi connectivity index (χ0) is 21.4. The number of hydrogen-bond donors (Lipinski definition) is 0. The van der Waals surface area contributed by atoms with Crippen LogP contribution in [0.2, 0.25) is 0 Å². The highest BCUT2D eigenvalue weighted by Gasteiger charge is 2.33. The van der Waals surface area contributed by atoms with Crippen molar-refractivity contribution in [3.63, 3.8) is 0 Å². The molecule has 30 heavy (non-hydrogen) atoms. The van der Waals surface area contributed by atoms with E-state index in [9.17, 15) is 14.4 Å². The lowest BCUT2D eigenvalue weighted by molar-refractivity contribution is 0.0279. The molecular formula is C21H17N3O6. The number of hydrogen-bond acceptors (Lipinski definition) is 8. The van der Waals surface area contributed by atoms with Crippen molar-refractivity contribution in [2.24, 2.45) is 0 Å². The molecule has 1 aliphatic heterocycles. The molecule has 0 spiro atoms. The Balaban J connectivity index is 1.49. The molecular weight excluding hydrogens is 390 g/mol. The number of ether oxygens (including phenoxy) is 2. The molecule has 0 fully saturated rings. The van der Waals surface area contributed by atoms with Crippen molar-refractivity contribution in [3.8, 4) is 17.2 Å². The van der Waals surface area contributed by atoms with E-state index in [1.807, 2.05) is 0 Å². The van der Waals surface area contributed by atoms with E-state index in [0.29, 0.717) is 11.3 Å². The van der Waals surface area contributed by atoms with E-state index in [4.69, 9.17) is 13.9 Å². The first-order valence-corrected chi connectivity index (χ1v) is 9.04. The lowest BCUT2D eigenvalue weighted by atomic mass is 10.1. The van der Waals surface area contributed by atoms with Crippen molar-refractivity contribution in [2.75, 3.05) is 14.2 Å². The molecule has 0 N–H and O–H groups in total. The number of carbonyl (C=O) groups excluding carboxylic acids is 3. The molecule has 9 nitrogen and oxygen atoms in total. The summed E-state index contributed by atoms with van der Waals surface area (Å²) in [7, 11) is 2.96. The smallest absolute Gasteiger partial charge is 0.338 e. The minimum Gasteiger partial charge on any atom is -0.497 e. The molecule has 0 saturated heterocycles. The molecule has 2 aromatic carbocycles. The molecule has 1 aliphatic rings. The Hall–Kier alpha value is -4.01. The number of benzene rings is 2. The number of rotatable bonds is 5. The van der Waals surface area contributed by atoms with Crippen LogP contribution in [0, 0.1) is 0 Å². The van der Waals surface area contributed by atoms with Crippen LogP contribution < -0.4 is 4.74 Å². The summed E-state index contributed by atoms with van der Waals surface area (Å²) < 4.78 is 16.1. The summed E-state index contributed by atoms with van der Waals surface area (Å²) in [5.41, 5.74) is 1.27. The molecule has 0 radical (unpaired) electrons. The van der Waals surface area contributed by atoms with Crippen molar-refractivity contribution >= 4 is 17.8 Å². The third-order valence-corrected chi connectivity index (χ3v) is 4.73. The van der Waals surface area contributed by atoms with Crippen LogP contribution in [0.25, 0.3) is 11.5 Å². The molecule has 0 bridgehead atoms. The largest absolute Gasteiger partial charge is 0.497 e. The van der Waals surface area contributed by atoms with Gasteiger partial charge in [0.05, 0.1) is 23.8 Å². The predicted octanol–water partition coefficient (Wildman–Crippen LogP) is 2.89. The Morgan fingerprint density at radius 1 is 1.03 bits per heavy atom. The van der Waals surface area contributed by atoms with Gasteiger partial charge in [0.15, 0.2) is 6.10 Å². The summed E-state index contributed by atoms with van der Waals surface area (Å²) in [4.78, 5) is 37.6. The topological polar surface area (TPSA) is 112 Å². The Labute approximate surface area is 171 Å². The number of methoxy groups -OCH3 is 1. The van der Waals surface area contributed by atoms with Gasteiger partial charge >= 0.3 is 5.97 Å². The Morgan fingerprint density at radius 3 is 2.43 bits per heavy atom. The summed E-state index contributed by atoms with van der Waals surface area (Å²) in [6.45, 7) is 1.60. The third kappa shape index (κ3) is 3.30. The molecule has 4 rings (SSSR count). The number of nitrogens with zero attached hydrogens (tertiary/aromatic N) is 3. The van der Waals surface area contributed by atoms with Crippen LogP contribution in [0.4, 0.5) is 0 Å². The van der Waals surface area contributed by atoms with Gasteiger partial charge in [0.25, 0.3) is 17.7 Å². The van der Waals surface area contributed by atoms with E-state index >= 15 is 0 Å². The van der Waals surface area contributed by atoms with Gasteiger partial charge in [-0.15, -0.1) is 10.2 Å². The van der Waals surface area contributed by atoms with Gasteiger partial charge in [-0.3, -0.25) is 14.5 Å². The second kappa shape index (κ2) is 7.43. The van der Waals surface area contributed by atoms with Gasteiger partial charge < -0.3 is 13.9 Å². The van der Waals surface area contributed by atoms with Crippen molar-refractivity contribution in [1.29, 1.82) is 0 Å². The van der Waals surface area contributed by atoms with Crippen LogP contribution in [-0.4, -0.2) is 47.0 Å². The van der Waals surface area contributed by atoms with Crippen LogP contribution in [0.5, 0.6) is 5.75 Å². The maximum atomic E-state index is 12.5. The Bertz CT molecular complexity index is 1150. The summed E-state index contributed by atoms with van der Waals surface area (Å²) in [6.07, 6.45) is -0.815. The molecule has 3 aromatic rings. The molecule has 2 amide bonds. The fraction of sp³-hybridized carbons (Fsp3) is 0.190. The lowest BCUT2D eigenvalue weighted by Crippen LogP contribution is -2.24. The quantitative estimate of drug-likeness (QED) is 0.469. The van der Waals surface area contributed by atoms with E-state index in [-0.39, 0.29) is 28.5 Å². The Kier molecular flexibility index (Phi) is 4.78. The van der Waals surface area contributed by atoms with Crippen LogP contribution in [-0.2, 0) is 4.74 Å². The van der Waals surface area contributed by atoms with E-state index in [1.165, 1.54) is 25.2 Å². The van der Waals surface area contributed by atoms with Crippen molar-refractivity contribution in [1.82, 2.24) is 15.1 Å². The fourth-order valence-electron chi connectivity index (χ4n) is 3.02. The highest BCUT2D eigenvalue weighted by atomic mass is 16.6. The van der Waals surface area contributed by atoms with Crippen molar-refractivity contribution < 1.29 is 28.3 Å². The molecule has 1 atom stereocenters. The minimum absolute atomic E-state index is 0.126. The van der Waals surface area contributed by atoms with Gasteiger partial charge in [-0.25, -0.2) is 4.79 Å².